The van der Waals surface area contributed by atoms with Crippen LogP contribution in [0.15, 0.2) is 12.4 Å². The van der Waals surface area contributed by atoms with E-state index in [0.717, 1.165) is 24.6 Å². The molecule has 3 N–H and O–H groups in total. The normalized spacial score (nSPS) is 13.2. The minimum atomic E-state index is 0.261. The molecular weight excluding hydrogens is 238 g/mol. The Kier molecular flexibility index (Phi) is 5.54. The minimum absolute atomic E-state index is 0.261. The van der Waals surface area contributed by atoms with E-state index >= 15 is 0 Å². The lowest BCUT2D eigenvalue weighted by Crippen LogP contribution is -2.35. The van der Waals surface area contributed by atoms with Crippen molar-refractivity contribution in [2.24, 2.45) is 11.1 Å². The Morgan fingerprint density at radius 3 is 2.63 bits per heavy atom. The van der Waals surface area contributed by atoms with Gasteiger partial charge in [0.05, 0.1) is 0 Å². The fourth-order valence-corrected chi connectivity index (χ4v) is 1.59. The number of anilines is 2. The van der Waals surface area contributed by atoms with Gasteiger partial charge in [0, 0.05) is 32.2 Å². The van der Waals surface area contributed by atoms with E-state index in [1.807, 2.05) is 13.1 Å². The van der Waals surface area contributed by atoms with Crippen LogP contribution in [0.5, 0.6) is 0 Å². The number of likely N-dealkylation sites (N-methyl/N-ethyl adjacent to an activating group) is 1. The molecule has 1 aromatic rings. The molecule has 0 aliphatic rings. The predicted molar refractivity (Wildman–Crippen MR) is 81.5 cm³/mol. The molecule has 0 aromatic carbocycles. The Hall–Kier alpha value is -1.36. The highest BCUT2D eigenvalue weighted by atomic mass is 15.2. The molecule has 108 valence electrons. The number of hydrogen-bond acceptors (Lipinski definition) is 5. The molecule has 0 saturated heterocycles. The van der Waals surface area contributed by atoms with Crippen LogP contribution in [0.3, 0.4) is 0 Å². The summed E-state index contributed by atoms with van der Waals surface area (Å²) in [6, 6.07) is 2.23. The summed E-state index contributed by atoms with van der Waals surface area (Å²) >= 11 is 0. The van der Waals surface area contributed by atoms with E-state index in [2.05, 4.69) is 47.9 Å². The molecule has 1 aromatic heterocycles. The summed E-state index contributed by atoms with van der Waals surface area (Å²) in [7, 11) is 2.00. The Bertz CT molecular complexity index is 386. The standard InChI is InChI=1S/C14H27N5/c1-11(9-15)19(5)13-8-12(17-10-18-13)16-7-6-14(2,3)4/h8,10-11H,6-7,9,15H2,1-5H3,(H,16,17,18). The molecule has 0 aliphatic heterocycles. The van der Waals surface area contributed by atoms with Crippen LogP contribution in [-0.2, 0) is 0 Å². The Balaban J connectivity index is 2.62. The first-order valence-corrected chi connectivity index (χ1v) is 6.82. The van der Waals surface area contributed by atoms with Crippen LogP contribution in [0, 0.1) is 5.41 Å². The summed E-state index contributed by atoms with van der Waals surface area (Å²) in [5.41, 5.74) is 6.00. The Morgan fingerprint density at radius 1 is 1.37 bits per heavy atom. The summed E-state index contributed by atoms with van der Waals surface area (Å²) in [6.07, 6.45) is 2.69. The van der Waals surface area contributed by atoms with Crippen LogP contribution in [0.4, 0.5) is 11.6 Å². The third-order valence-corrected chi connectivity index (χ3v) is 3.20. The van der Waals surface area contributed by atoms with Crippen molar-refractivity contribution in [3.05, 3.63) is 12.4 Å². The summed E-state index contributed by atoms with van der Waals surface area (Å²) < 4.78 is 0. The predicted octanol–water partition coefficient (Wildman–Crippen LogP) is 2.11. The topological polar surface area (TPSA) is 67.1 Å². The van der Waals surface area contributed by atoms with Crippen molar-refractivity contribution in [3.63, 3.8) is 0 Å². The molecule has 0 aliphatic carbocycles. The summed E-state index contributed by atoms with van der Waals surface area (Å²) in [5, 5.41) is 3.34. The van der Waals surface area contributed by atoms with Gasteiger partial charge in [-0.15, -0.1) is 0 Å². The first kappa shape index (κ1) is 15.7. The number of nitrogens with two attached hydrogens (primary N) is 1. The van der Waals surface area contributed by atoms with E-state index in [0.29, 0.717) is 12.0 Å². The molecule has 1 unspecified atom stereocenters. The van der Waals surface area contributed by atoms with E-state index in [9.17, 15) is 0 Å². The van der Waals surface area contributed by atoms with Crippen molar-refractivity contribution < 1.29 is 0 Å². The highest BCUT2D eigenvalue weighted by molar-refractivity contribution is 5.48. The zero-order valence-electron chi connectivity index (χ0n) is 12.8. The third-order valence-electron chi connectivity index (χ3n) is 3.20. The van der Waals surface area contributed by atoms with Gasteiger partial charge in [-0.3, -0.25) is 0 Å². The second-order valence-corrected chi connectivity index (χ2v) is 6.19. The van der Waals surface area contributed by atoms with Crippen LogP contribution in [-0.4, -0.2) is 36.1 Å². The SMILES string of the molecule is CC(CN)N(C)c1cc(NCCC(C)(C)C)ncn1. The van der Waals surface area contributed by atoms with Crippen LogP contribution >= 0.6 is 0 Å². The minimum Gasteiger partial charge on any atom is -0.370 e. The first-order valence-electron chi connectivity index (χ1n) is 6.82. The molecule has 0 spiro atoms. The zero-order chi connectivity index (χ0) is 14.5. The van der Waals surface area contributed by atoms with Crippen molar-refractivity contribution >= 4 is 11.6 Å². The van der Waals surface area contributed by atoms with Crippen LogP contribution in [0.25, 0.3) is 0 Å². The van der Waals surface area contributed by atoms with Crippen molar-refractivity contribution in [2.45, 2.75) is 40.2 Å². The van der Waals surface area contributed by atoms with Gasteiger partial charge in [0.25, 0.3) is 0 Å². The largest absolute Gasteiger partial charge is 0.370 e. The Morgan fingerprint density at radius 2 is 2.05 bits per heavy atom. The van der Waals surface area contributed by atoms with E-state index in [-0.39, 0.29) is 6.04 Å². The first-order chi connectivity index (χ1) is 8.83. The molecule has 0 fully saturated rings. The van der Waals surface area contributed by atoms with Gasteiger partial charge in [0.15, 0.2) is 0 Å². The molecule has 1 rings (SSSR count). The fraction of sp³-hybridized carbons (Fsp3) is 0.714. The van der Waals surface area contributed by atoms with Crippen molar-refractivity contribution in [3.8, 4) is 0 Å². The highest BCUT2D eigenvalue weighted by Crippen LogP contribution is 2.19. The lowest BCUT2D eigenvalue weighted by Gasteiger charge is -2.25. The smallest absolute Gasteiger partial charge is 0.134 e. The molecule has 5 heteroatoms. The average Bonchev–Trinajstić information content (AvgIpc) is 2.36. The maximum absolute atomic E-state index is 5.68. The van der Waals surface area contributed by atoms with E-state index in [1.165, 1.54) is 0 Å². The lowest BCUT2D eigenvalue weighted by molar-refractivity contribution is 0.389. The quantitative estimate of drug-likeness (QED) is 0.824. The van der Waals surface area contributed by atoms with Crippen molar-refractivity contribution in [1.82, 2.24) is 9.97 Å². The van der Waals surface area contributed by atoms with Crippen LogP contribution in [0.1, 0.15) is 34.1 Å². The van der Waals surface area contributed by atoms with Gasteiger partial charge in [-0.25, -0.2) is 9.97 Å². The van der Waals surface area contributed by atoms with Gasteiger partial charge >= 0.3 is 0 Å². The summed E-state index contributed by atoms with van der Waals surface area (Å²) in [4.78, 5) is 10.6. The van der Waals surface area contributed by atoms with Gasteiger partial charge in [0.2, 0.25) is 0 Å². The van der Waals surface area contributed by atoms with Crippen LogP contribution < -0.4 is 16.0 Å². The molecule has 1 heterocycles. The maximum Gasteiger partial charge on any atom is 0.134 e. The van der Waals surface area contributed by atoms with Gasteiger partial charge in [-0.2, -0.15) is 0 Å². The number of hydrogen-bond donors (Lipinski definition) is 2. The van der Waals surface area contributed by atoms with E-state index in [1.54, 1.807) is 6.33 Å². The zero-order valence-corrected chi connectivity index (χ0v) is 12.8. The fourth-order valence-electron chi connectivity index (χ4n) is 1.59. The second-order valence-electron chi connectivity index (χ2n) is 6.19. The van der Waals surface area contributed by atoms with Gasteiger partial charge in [-0.05, 0) is 18.8 Å². The second kappa shape index (κ2) is 6.70. The molecule has 1 atom stereocenters. The van der Waals surface area contributed by atoms with Gasteiger partial charge in [0.1, 0.15) is 18.0 Å². The monoisotopic (exact) mass is 265 g/mol. The summed E-state index contributed by atoms with van der Waals surface area (Å²) in [5.74, 6) is 1.76. The molecule has 5 nitrogen and oxygen atoms in total. The molecular formula is C14H27N5. The van der Waals surface area contributed by atoms with Crippen molar-refractivity contribution in [2.75, 3.05) is 30.4 Å². The van der Waals surface area contributed by atoms with Gasteiger partial charge in [-0.1, -0.05) is 20.8 Å². The van der Waals surface area contributed by atoms with Crippen molar-refractivity contribution in [1.29, 1.82) is 0 Å². The number of nitrogens with one attached hydrogen (secondary N) is 1. The van der Waals surface area contributed by atoms with E-state index < -0.39 is 0 Å². The van der Waals surface area contributed by atoms with Gasteiger partial charge < -0.3 is 16.0 Å². The van der Waals surface area contributed by atoms with Crippen LogP contribution in [0.2, 0.25) is 0 Å². The molecule has 19 heavy (non-hydrogen) atoms. The highest BCUT2D eigenvalue weighted by Gasteiger charge is 2.11. The lowest BCUT2D eigenvalue weighted by atomic mass is 9.92. The maximum atomic E-state index is 5.68. The molecule has 0 radical (unpaired) electrons. The summed E-state index contributed by atoms with van der Waals surface area (Å²) in [6.45, 7) is 10.3. The van der Waals surface area contributed by atoms with E-state index in [4.69, 9.17) is 5.73 Å². The number of aromatic nitrogens is 2. The Labute approximate surface area is 116 Å². The third kappa shape index (κ3) is 5.42. The average molecular weight is 265 g/mol. The molecule has 0 amide bonds. The molecule has 0 bridgehead atoms. The molecule has 0 saturated carbocycles. The number of nitrogens with zero attached hydrogens (tertiary/aromatic N) is 3. The number of rotatable bonds is 6.